The molecule has 4 rings (SSSR count). The lowest BCUT2D eigenvalue weighted by Crippen LogP contribution is -2.13. The Kier molecular flexibility index (Phi) is 5.74. The quantitative estimate of drug-likeness (QED) is 0.406. The lowest BCUT2D eigenvalue weighted by atomic mass is 10.1. The number of benzene rings is 3. The van der Waals surface area contributed by atoms with Crippen molar-refractivity contribution in [3.05, 3.63) is 83.5 Å². The number of nitrogens with two attached hydrogens (primary N) is 2. The second-order valence-corrected chi connectivity index (χ2v) is 9.37. The third-order valence-electron chi connectivity index (χ3n) is 4.61. The van der Waals surface area contributed by atoms with E-state index in [0.29, 0.717) is 28.1 Å². The molecule has 0 spiro atoms. The van der Waals surface area contributed by atoms with E-state index >= 15 is 0 Å². The lowest BCUT2D eigenvalue weighted by molar-refractivity contribution is 0.103. The second kappa shape index (κ2) is 8.50. The van der Waals surface area contributed by atoms with Crippen LogP contribution in [0.2, 0.25) is 0 Å². The van der Waals surface area contributed by atoms with Crippen molar-refractivity contribution in [3.63, 3.8) is 0 Å². The second-order valence-electron chi connectivity index (χ2n) is 6.81. The number of nitrogens with one attached hydrogen (secondary N) is 1. The molecule has 0 aliphatic heterocycles. The number of primary sulfonamides is 1. The molecule has 32 heavy (non-hydrogen) atoms. The zero-order chi connectivity index (χ0) is 22.9. The number of sulfonamides is 1. The number of nitrogens with zero attached hydrogens (tertiary/aromatic N) is 1. The van der Waals surface area contributed by atoms with Gasteiger partial charge in [-0.2, -0.15) is 0 Å². The van der Waals surface area contributed by atoms with Crippen molar-refractivity contribution in [2.45, 2.75) is 4.90 Å². The Balaban J connectivity index is 1.60. The van der Waals surface area contributed by atoms with E-state index in [1.54, 1.807) is 42.5 Å². The van der Waals surface area contributed by atoms with Gasteiger partial charge in [-0.15, -0.1) is 0 Å². The minimum Gasteiger partial charge on any atom is -0.375 e. The number of hydrogen-bond donors (Lipinski definition) is 3. The Morgan fingerprint density at radius 3 is 2.22 bits per heavy atom. The summed E-state index contributed by atoms with van der Waals surface area (Å²) in [5, 5.41) is 8.29. The number of nitrogen functional groups attached to an aromatic ring is 1. The van der Waals surface area contributed by atoms with Crippen molar-refractivity contribution in [2.75, 3.05) is 11.1 Å². The average molecular weight is 469 g/mol. The lowest BCUT2D eigenvalue weighted by Gasteiger charge is -2.10. The Morgan fingerprint density at radius 2 is 1.56 bits per heavy atom. The SMILES string of the molecule is Nc1nc(-c2ccc(F)cc2)c(C(=O)Nc2ccc(-c3ccccc3S(N)(=O)=O)cc2)s1. The van der Waals surface area contributed by atoms with Gasteiger partial charge in [0.25, 0.3) is 5.91 Å². The zero-order valence-electron chi connectivity index (χ0n) is 16.4. The highest BCUT2D eigenvalue weighted by Crippen LogP contribution is 2.31. The summed E-state index contributed by atoms with van der Waals surface area (Å²) >= 11 is 1.03. The van der Waals surface area contributed by atoms with Crippen molar-refractivity contribution in [1.82, 2.24) is 4.98 Å². The maximum atomic E-state index is 13.2. The molecule has 0 aliphatic rings. The van der Waals surface area contributed by atoms with Crippen LogP contribution in [0.1, 0.15) is 9.67 Å². The van der Waals surface area contributed by atoms with E-state index in [-0.39, 0.29) is 14.9 Å². The van der Waals surface area contributed by atoms with E-state index in [1.807, 2.05) is 0 Å². The van der Waals surface area contributed by atoms with Gasteiger partial charge in [-0.1, -0.05) is 41.7 Å². The molecular formula is C22H17FN4O3S2. The molecule has 0 bridgehead atoms. The van der Waals surface area contributed by atoms with Gasteiger partial charge in [0.2, 0.25) is 10.0 Å². The fourth-order valence-electron chi connectivity index (χ4n) is 3.17. The number of aromatic nitrogens is 1. The smallest absolute Gasteiger partial charge is 0.268 e. The maximum Gasteiger partial charge on any atom is 0.268 e. The third-order valence-corrected chi connectivity index (χ3v) is 6.47. The zero-order valence-corrected chi connectivity index (χ0v) is 18.1. The van der Waals surface area contributed by atoms with Crippen molar-refractivity contribution in [3.8, 4) is 22.4 Å². The molecule has 0 radical (unpaired) electrons. The largest absolute Gasteiger partial charge is 0.375 e. The van der Waals surface area contributed by atoms with Gasteiger partial charge < -0.3 is 11.1 Å². The fourth-order valence-corrected chi connectivity index (χ4v) is 4.68. The topological polar surface area (TPSA) is 128 Å². The van der Waals surface area contributed by atoms with Crippen molar-refractivity contribution in [1.29, 1.82) is 0 Å². The van der Waals surface area contributed by atoms with Crippen molar-refractivity contribution in [2.24, 2.45) is 5.14 Å². The third kappa shape index (κ3) is 4.52. The van der Waals surface area contributed by atoms with E-state index < -0.39 is 21.7 Å². The van der Waals surface area contributed by atoms with E-state index in [2.05, 4.69) is 10.3 Å². The molecule has 0 atom stereocenters. The van der Waals surface area contributed by atoms with E-state index in [4.69, 9.17) is 10.9 Å². The molecule has 10 heteroatoms. The van der Waals surface area contributed by atoms with Crippen LogP contribution >= 0.6 is 11.3 Å². The van der Waals surface area contributed by atoms with Gasteiger partial charge in [0.05, 0.1) is 10.6 Å². The number of carbonyl (C=O) groups is 1. The highest BCUT2D eigenvalue weighted by Gasteiger charge is 2.19. The summed E-state index contributed by atoms with van der Waals surface area (Å²) in [5.74, 6) is -0.816. The van der Waals surface area contributed by atoms with Crippen LogP contribution in [-0.2, 0) is 10.0 Å². The van der Waals surface area contributed by atoms with Gasteiger partial charge in [-0.05, 0) is 48.0 Å². The van der Waals surface area contributed by atoms with Crippen LogP contribution in [0.4, 0.5) is 15.2 Å². The van der Waals surface area contributed by atoms with Crippen LogP contribution in [0, 0.1) is 5.82 Å². The molecule has 162 valence electrons. The summed E-state index contributed by atoms with van der Waals surface area (Å²) in [7, 11) is -3.89. The monoisotopic (exact) mass is 468 g/mol. The normalized spacial score (nSPS) is 11.3. The predicted octanol–water partition coefficient (Wildman–Crippen LogP) is 4.10. The van der Waals surface area contributed by atoms with Gasteiger partial charge >= 0.3 is 0 Å². The predicted molar refractivity (Wildman–Crippen MR) is 123 cm³/mol. The van der Waals surface area contributed by atoms with Gasteiger partial charge in [0.1, 0.15) is 10.7 Å². The Hall–Kier alpha value is -3.60. The molecule has 3 aromatic carbocycles. The van der Waals surface area contributed by atoms with Crippen LogP contribution in [0.5, 0.6) is 0 Å². The first kappa shape index (κ1) is 21.6. The van der Waals surface area contributed by atoms with Crippen LogP contribution in [0.25, 0.3) is 22.4 Å². The highest BCUT2D eigenvalue weighted by atomic mass is 32.2. The standard InChI is InChI=1S/C22H17FN4O3S2/c23-15-9-5-14(6-10-15)19-20(31-22(24)27-19)21(28)26-16-11-7-13(8-12-16)17-3-1-2-4-18(17)32(25,29)30/h1-12H,(H2,24,27)(H,26,28)(H2,25,29,30). The molecule has 1 heterocycles. The summed E-state index contributed by atoms with van der Waals surface area (Å²) in [4.78, 5) is 17.4. The first-order valence-electron chi connectivity index (χ1n) is 9.28. The average Bonchev–Trinajstić information content (AvgIpc) is 3.16. The van der Waals surface area contributed by atoms with Crippen LogP contribution in [0.15, 0.2) is 77.7 Å². The molecule has 1 amide bonds. The number of carbonyl (C=O) groups excluding carboxylic acids is 1. The van der Waals surface area contributed by atoms with Gasteiger partial charge in [0, 0.05) is 16.8 Å². The molecule has 0 saturated heterocycles. The van der Waals surface area contributed by atoms with Crippen molar-refractivity contribution >= 4 is 38.1 Å². The van der Waals surface area contributed by atoms with E-state index in [9.17, 15) is 17.6 Å². The fraction of sp³-hybridized carbons (Fsp3) is 0. The van der Waals surface area contributed by atoms with E-state index in [1.165, 1.54) is 30.3 Å². The molecule has 5 N–H and O–H groups in total. The number of halogens is 1. The summed E-state index contributed by atoms with van der Waals surface area (Å²) < 4.78 is 36.9. The molecule has 0 saturated carbocycles. The summed E-state index contributed by atoms with van der Waals surface area (Å²) in [6, 6.07) is 18.7. The summed E-state index contributed by atoms with van der Waals surface area (Å²) in [5.41, 5.74) is 8.31. The van der Waals surface area contributed by atoms with Gasteiger partial charge in [-0.25, -0.2) is 22.9 Å². The van der Waals surface area contributed by atoms with Gasteiger partial charge in [-0.3, -0.25) is 4.79 Å². The number of amides is 1. The molecule has 0 unspecified atom stereocenters. The number of hydrogen-bond acceptors (Lipinski definition) is 6. The first-order valence-corrected chi connectivity index (χ1v) is 11.6. The summed E-state index contributed by atoms with van der Waals surface area (Å²) in [6.07, 6.45) is 0. The van der Waals surface area contributed by atoms with Gasteiger partial charge in [0.15, 0.2) is 5.13 Å². The molecule has 4 aromatic rings. The molecule has 0 fully saturated rings. The van der Waals surface area contributed by atoms with E-state index in [0.717, 1.165) is 11.3 Å². The minimum absolute atomic E-state index is 0.0147. The Bertz CT molecular complexity index is 1400. The minimum atomic E-state index is -3.89. The van der Waals surface area contributed by atoms with Crippen molar-refractivity contribution < 1.29 is 17.6 Å². The van der Waals surface area contributed by atoms with Crippen LogP contribution < -0.4 is 16.2 Å². The Labute approximate surface area is 187 Å². The Morgan fingerprint density at radius 1 is 0.938 bits per heavy atom. The number of anilines is 2. The number of rotatable bonds is 5. The molecule has 0 aliphatic carbocycles. The molecule has 7 nitrogen and oxygen atoms in total. The van der Waals surface area contributed by atoms with Crippen LogP contribution in [0.3, 0.4) is 0 Å². The first-order chi connectivity index (χ1) is 15.2. The highest BCUT2D eigenvalue weighted by molar-refractivity contribution is 7.89. The number of thiazole rings is 1. The molecule has 1 aromatic heterocycles. The summed E-state index contributed by atoms with van der Waals surface area (Å²) in [6.45, 7) is 0. The maximum absolute atomic E-state index is 13.2. The molecular weight excluding hydrogens is 451 g/mol. The van der Waals surface area contributed by atoms with Crippen LogP contribution in [-0.4, -0.2) is 19.3 Å².